The van der Waals surface area contributed by atoms with E-state index in [0.717, 1.165) is 33.2 Å². The van der Waals surface area contributed by atoms with Gasteiger partial charge in [-0.2, -0.15) is 0 Å². The summed E-state index contributed by atoms with van der Waals surface area (Å²) in [4.78, 5) is 34.9. The molecule has 172 valence electrons. The Morgan fingerprint density at radius 3 is 2.45 bits per heavy atom. The second-order valence-electron chi connectivity index (χ2n) is 7.79. The van der Waals surface area contributed by atoms with Crippen LogP contribution < -0.4 is 4.74 Å². The molecule has 6 nitrogen and oxygen atoms in total. The number of rotatable bonds is 8. The number of piperazine rings is 1. The minimum Gasteiger partial charge on any atom is -0.497 e. The smallest absolute Gasteiger partial charge is 0.255 e. The quantitative estimate of drug-likeness (QED) is 0.448. The largest absolute Gasteiger partial charge is 0.497 e. The third-order valence-electron chi connectivity index (χ3n) is 5.68. The van der Waals surface area contributed by atoms with Gasteiger partial charge in [0.25, 0.3) is 5.91 Å². The minimum absolute atomic E-state index is 0.0294. The molecule has 33 heavy (non-hydrogen) atoms. The third-order valence-corrected chi connectivity index (χ3v) is 7.43. The summed E-state index contributed by atoms with van der Waals surface area (Å²) in [5, 5.41) is 2.03. The molecule has 4 rings (SSSR count). The van der Waals surface area contributed by atoms with E-state index in [1.54, 1.807) is 30.2 Å². The molecule has 3 aromatic rings. The Hall–Kier alpha value is -2.84. The van der Waals surface area contributed by atoms with Crippen molar-refractivity contribution < 1.29 is 14.3 Å². The molecule has 1 fully saturated rings. The van der Waals surface area contributed by atoms with Crippen LogP contribution in [-0.2, 0) is 17.0 Å². The van der Waals surface area contributed by atoms with Crippen molar-refractivity contribution in [3.05, 3.63) is 76.2 Å². The topological polar surface area (TPSA) is 62.7 Å². The fourth-order valence-electron chi connectivity index (χ4n) is 3.76. The Labute approximate surface area is 202 Å². The van der Waals surface area contributed by atoms with Crippen LogP contribution in [0.1, 0.15) is 28.0 Å². The lowest BCUT2D eigenvalue weighted by molar-refractivity contribution is -0.132. The molecule has 0 N–H and O–H groups in total. The van der Waals surface area contributed by atoms with Gasteiger partial charge in [0, 0.05) is 48.6 Å². The van der Waals surface area contributed by atoms with Gasteiger partial charge in [-0.15, -0.1) is 23.1 Å². The molecule has 0 spiro atoms. The van der Waals surface area contributed by atoms with E-state index in [0.29, 0.717) is 39.0 Å². The third kappa shape index (κ3) is 6.15. The van der Waals surface area contributed by atoms with E-state index in [4.69, 9.17) is 4.74 Å². The van der Waals surface area contributed by atoms with Crippen LogP contribution in [0.3, 0.4) is 0 Å². The van der Waals surface area contributed by atoms with Crippen LogP contribution in [0.2, 0.25) is 0 Å². The number of methoxy groups -OCH3 is 1. The predicted molar refractivity (Wildman–Crippen MR) is 132 cm³/mol. The van der Waals surface area contributed by atoms with Gasteiger partial charge in [0.2, 0.25) is 5.91 Å². The molecule has 2 aromatic carbocycles. The maximum atomic E-state index is 13.2. The van der Waals surface area contributed by atoms with E-state index in [1.165, 1.54) is 0 Å². The monoisotopic (exact) mass is 481 g/mol. The molecule has 0 radical (unpaired) electrons. The Morgan fingerprint density at radius 2 is 1.76 bits per heavy atom. The Morgan fingerprint density at radius 1 is 1.03 bits per heavy atom. The Bertz CT molecular complexity index is 1060. The summed E-state index contributed by atoms with van der Waals surface area (Å²) in [6, 6.07) is 15.5. The average molecular weight is 482 g/mol. The maximum Gasteiger partial charge on any atom is 0.255 e. The molecular formula is C25H27N3O3S2. The standard InChI is InChI=1S/C25H27N3O3S2/c1-31-21-9-6-19(7-10-21)8-11-24(29)27-12-14-28(15-13-27)25(30)22-4-2-3-5-23(22)33-17-20-16-32-18-26-20/h2-7,9-10,16,18H,8,11-15,17H2,1H3. The van der Waals surface area contributed by atoms with Gasteiger partial charge in [0.15, 0.2) is 0 Å². The number of aromatic nitrogens is 1. The van der Waals surface area contributed by atoms with E-state index in [2.05, 4.69) is 4.98 Å². The van der Waals surface area contributed by atoms with Crippen LogP contribution in [-0.4, -0.2) is 59.9 Å². The fraction of sp³-hybridized carbons (Fsp3) is 0.320. The van der Waals surface area contributed by atoms with E-state index < -0.39 is 0 Å². The normalized spacial score (nSPS) is 13.7. The second-order valence-corrected chi connectivity index (χ2v) is 9.52. The number of carbonyl (C=O) groups is 2. The van der Waals surface area contributed by atoms with Crippen molar-refractivity contribution >= 4 is 34.9 Å². The molecule has 0 saturated carbocycles. The molecule has 0 unspecified atom stereocenters. The zero-order valence-electron chi connectivity index (χ0n) is 18.6. The highest BCUT2D eigenvalue weighted by Crippen LogP contribution is 2.27. The Kier molecular flexibility index (Phi) is 8.01. The number of benzene rings is 2. The van der Waals surface area contributed by atoms with Gasteiger partial charge in [-0.05, 0) is 36.2 Å². The molecule has 1 aromatic heterocycles. The van der Waals surface area contributed by atoms with Gasteiger partial charge < -0.3 is 14.5 Å². The second kappa shape index (κ2) is 11.3. The highest BCUT2D eigenvalue weighted by Gasteiger charge is 2.26. The molecule has 2 heterocycles. The first kappa shape index (κ1) is 23.3. The number of thiazole rings is 1. The molecule has 0 bridgehead atoms. The van der Waals surface area contributed by atoms with Crippen molar-refractivity contribution in [3.63, 3.8) is 0 Å². The highest BCUT2D eigenvalue weighted by molar-refractivity contribution is 7.98. The molecule has 1 saturated heterocycles. The zero-order chi connectivity index (χ0) is 23.0. The van der Waals surface area contributed by atoms with Crippen LogP contribution in [0.4, 0.5) is 0 Å². The predicted octanol–water partition coefficient (Wildman–Crippen LogP) is 4.36. The molecule has 8 heteroatoms. The fourth-order valence-corrected chi connectivity index (χ4v) is 5.37. The van der Waals surface area contributed by atoms with Crippen molar-refractivity contribution in [1.29, 1.82) is 0 Å². The van der Waals surface area contributed by atoms with Gasteiger partial charge in [0.1, 0.15) is 5.75 Å². The molecule has 0 atom stereocenters. The average Bonchev–Trinajstić information content (AvgIpc) is 3.40. The number of ether oxygens (including phenoxy) is 1. The molecule has 1 aliphatic rings. The maximum absolute atomic E-state index is 13.2. The van der Waals surface area contributed by atoms with Crippen LogP contribution in [0.5, 0.6) is 5.75 Å². The zero-order valence-corrected chi connectivity index (χ0v) is 20.2. The van der Waals surface area contributed by atoms with Crippen molar-refractivity contribution in [2.75, 3.05) is 33.3 Å². The summed E-state index contributed by atoms with van der Waals surface area (Å²) in [7, 11) is 1.64. The number of thioether (sulfide) groups is 1. The van der Waals surface area contributed by atoms with Crippen molar-refractivity contribution in [1.82, 2.24) is 14.8 Å². The van der Waals surface area contributed by atoms with E-state index in [1.807, 2.05) is 69.2 Å². The van der Waals surface area contributed by atoms with Crippen LogP contribution in [0.15, 0.2) is 64.3 Å². The first-order valence-corrected chi connectivity index (χ1v) is 12.9. The summed E-state index contributed by atoms with van der Waals surface area (Å²) in [5.41, 5.74) is 4.68. The number of carbonyl (C=O) groups excluding carboxylic acids is 2. The SMILES string of the molecule is COc1ccc(CCC(=O)N2CCN(C(=O)c3ccccc3SCc3cscn3)CC2)cc1. The van der Waals surface area contributed by atoms with Gasteiger partial charge in [-0.3, -0.25) is 9.59 Å². The van der Waals surface area contributed by atoms with Gasteiger partial charge in [-0.25, -0.2) is 4.98 Å². The van der Waals surface area contributed by atoms with Gasteiger partial charge in [-0.1, -0.05) is 24.3 Å². The van der Waals surface area contributed by atoms with Crippen LogP contribution in [0, 0.1) is 0 Å². The lowest BCUT2D eigenvalue weighted by Crippen LogP contribution is -2.50. The molecule has 2 amide bonds. The van der Waals surface area contributed by atoms with Crippen LogP contribution >= 0.6 is 23.1 Å². The summed E-state index contributed by atoms with van der Waals surface area (Å²) >= 11 is 3.21. The summed E-state index contributed by atoms with van der Waals surface area (Å²) in [6.45, 7) is 2.25. The van der Waals surface area contributed by atoms with E-state index in [-0.39, 0.29) is 11.8 Å². The number of hydrogen-bond donors (Lipinski definition) is 0. The lowest BCUT2D eigenvalue weighted by Gasteiger charge is -2.35. The summed E-state index contributed by atoms with van der Waals surface area (Å²) in [6.07, 6.45) is 1.17. The summed E-state index contributed by atoms with van der Waals surface area (Å²) in [5.74, 6) is 1.72. The summed E-state index contributed by atoms with van der Waals surface area (Å²) < 4.78 is 5.18. The van der Waals surface area contributed by atoms with Gasteiger partial charge in [0.05, 0.1) is 23.9 Å². The number of nitrogens with zero attached hydrogens (tertiary/aromatic N) is 3. The number of aryl methyl sites for hydroxylation is 1. The number of amides is 2. The minimum atomic E-state index is 0.0294. The van der Waals surface area contributed by atoms with Crippen molar-refractivity contribution in [2.45, 2.75) is 23.5 Å². The van der Waals surface area contributed by atoms with Crippen molar-refractivity contribution in [2.24, 2.45) is 0 Å². The van der Waals surface area contributed by atoms with E-state index in [9.17, 15) is 9.59 Å². The lowest BCUT2D eigenvalue weighted by atomic mass is 10.1. The van der Waals surface area contributed by atoms with Crippen LogP contribution in [0.25, 0.3) is 0 Å². The van der Waals surface area contributed by atoms with Crippen molar-refractivity contribution in [3.8, 4) is 5.75 Å². The first-order chi connectivity index (χ1) is 16.1. The van der Waals surface area contributed by atoms with Gasteiger partial charge >= 0.3 is 0 Å². The number of hydrogen-bond acceptors (Lipinski definition) is 6. The molecule has 1 aliphatic heterocycles. The van der Waals surface area contributed by atoms with E-state index >= 15 is 0 Å². The first-order valence-electron chi connectivity index (χ1n) is 10.9. The molecular weight excluding hydrogens is 454 g/mol. The Balaban J connectivity index is 1.28. The molecule has 0 aliphatic carbocycles. The highest BCUT2D eigenvalue weighted by atomic mass is 32.2.